The first kappa shape index (κ1) is 13.5. The van der Waals surface area contributed by atoms with Crippen LogP contribution in [0.15, 0.2) is 46.9 Å². The topological polar surface area (TPSA) is 38.3 Å². The molecule has 19 heavy (non-hydrogen) atoms. The second-order valence-corrected chi connectivity index (χ2v) is 4.64. The van der Waals surface area contributed by atoms with Gasteiger partial charge < -0.3 is 10.1 Å². The highest BCUT2D eigenvalue weighted by Gasteiger charge is 2.11. The van der Waals surface area contributed by atoms with E-state index in [2.05, 4.69) is 21.2 Å². The lowest BCUT2D eigenvalue weighted by atomic mass is 10.2. The van der Waals surface area contributed by atoms with E-state index in [0.717, 1.165) is 0 Å². The second kappa shape index (κ2) is 5.84. The zero-order valence-electron chi connectivity index (χ0n) is 10.1. The van der Waals surface area contributed by atoms with E-state index in [4.69, 9.17) is 4.74 Å². The second-order valence-electron chi connectivity index (χ2n) is 3.78. The van der Waals surface area contributed by atoms with Crippen molar-refractivity contribution in [2.45, 2.75) is 0 Å². The molecular weight excluding hydrogens is 313 g/mol. The molecule has 0 aliphatic heterocycles. The highest BCUT2D eigenvalue weighted by atomic mass is 79.9. The summed E-state index contributed by atoms with van der Waals surface area (Å²) in [6.45, 7) is 0. The molecule has 3 nitrogen and oxygen atoms in total. The van der Waals surface area contributed by atoms with Crippen molar-refractivity contribution in [2.24, 2.45) is 0 Å². The van der Waals surface area contributed by atoms with Crippen LogP contribution in [0.3, 0.4) is 0 Å². The smallest absolute Gasteiger partial charge is 0.255 e. The lowest BCUT2D eigenvalue weighted by molar-refractivity contribution is 0.102. The van der Waals surface area contributed by atoms with Gasteiger partial charge in [0, 0.05) is 5.56 Å². The van der Waals surface area contributed by atoms with E-state index < -0.39 is 5.82 Å². The van der Waals surface area contributed by atoms with Gasteiger partial charge in [0.25, 0.3) is 5.91 Å². The lowest BCUT2D eigenvalue weighted by Gasteiger charge is -2.10. The first-order valence-corrected chi connectivity index (χ1v) is 6.30. The van der Waals surface area contributed by atoms with Crippen LogP contribution in [0.5, 0.6) is 5.75 Å². The van der Waals surface area contributed by atoms with Gasteiger partial charge in [-0.05, 0) is 46.3 Å². The molecule has 2 aromatic carbocycles. The molecule has 1 amide bonds. The third kappa shape index (κ3) is 3.12. The van der Waals surface area contributed by atoms with Gasteiger partial charge in [0.05, 0.1) is 17.3 Å². The van der Waals surface area contributed by atoms with Crippen LogP contribution < -0.4 is 10.1 Å². The zero-order valence-corrected chi connectivity index (χ0v) is 11.7. The van der Waals surface area contributed by atoms with E-state index in [1.54, 1.807) is 18.2 Å². The molecule has 0 aromatic heterocycles. The third-order valence-corrected chi connectivity index (χ3v) is 3.14. The molecule has 0 atom stereocenters. The summed E-state index contributed by atoms with van der Waals surface area (Å²) in [4.78, 5) is 12.0. The zero-order chi connectivity index (χ0) is 13.8. The van der Waals surface area contributed by atoms with Crippen LogP contribution in [0, 0.1) is 5.82 Å². The fourth-order valence-electron chi connectivity index (χ4n) is 1.58. The van der Waals surface area contributed by atoms with E-state index in [1.807, 2.05) is 6.07 Å². The van der Waals surface area contributed by atoms with Crippen molar-refractivity contribution in [2.75, 3.05) is 12.4 Å². The van der Waals surface area contributed by atoms with E-state index in [-0.39, 0.29) is 10.4 Å². The molecule has 0 fully saturated rings. The van der Waals surface area contributed by atoms with E-state index in [1.165, 1.54) is 25.3 Å². The Morgan fingerprint density at radius 1 is 1.26 bits per heavy atom. The fraction of sp³-hybridized carbons (Fsp3) is 0.0714. The van der Waals surface area contributed by atoms with Crippen molar-refractivity contribution in [1.29, 1.82) is 0 Å². The van der Waals surface area contributed by atoms with Crippen LogP contribution in [0.4, 0.5) is 10.1 Å². The third-order valence-electron chi connectivity index (χ3n) is 2.54. The van der Waals surface area contributed by atoms with Gasteiger partial charge >= 0.3 is 0 Å². The normalized spacial score (nSPS) is 10.1. The van der Waals surface area contributed by atoms with Crippen molar-refractivity contribution < 1.29 is 13.9 Å². The van der Waals surface area contributed by atoms with Crippen LogP contribution in [0.25, 0.3) is 0 Å². The molecule has 0 aliphatic carbocycles. The van der Waals surface area contributed by atoms with Crippen molar-refractivity contribution in [1.82, 2.24) is 0 Å². The highest BCUT2D eigenvalue weighted by molar-refractivity contribution is 9.10. The Labute approximate surface area is 118 Å². The number of methoxy groups -OCH3 is 1. The standard InChI is InChI=1S/C14H11BrFNO2/c1-19-13-5-3-2-4-12(13)17-14(18)9-6-7-11(16)10(15)8-9/h2-8H,1H3,(H,17,18). The summed E-state index contributed by atoms with van der Waals surface area (Å²) in [5, 5.41) is 2.72. The Morgan fingerprint density at radius 3 is 2.68 bits per heavy atom. The van der Waals surface area contributed by atoms with Gasteiger partial charge in [-0.3, -0.25) is 4.79 Å². The Morgan fingerprint density at radius 2 is 2.00 bits per heavy atom. The van der Waals surface area contributed by atoms with Gasteiger partial charge in [0.2, 0.25) is 0 Å². The number of anilines is 1. The van der Waals surface area contributed by atoms with Crippen molar-refractivity contribution in [3.63, 3.8) is 0 Å². The molecule has 2 rings (SSSR count). The summed E-state index contributed by atoms with van der Waals surface area (Å²) in [6, 6.07) is 11.2. The SMILES string of the molecule is COc1ccccc1NC(=O)c1ccc(F)c(Br)c1. The summed E-state index contributed by atoms with van der Waals surface area (Å²) >= 11 is 3.05. The van der Waals surface area contributed by atoms with Gasteiger partial charge in [-0.25, -0.2) is 4.39 Å². The summed E-state index contributed by atoms with van der Waals surface area (Å²) in [5.41, 5.74) is 0.926. The van der Waals surface area contributed by atoms with Crippen LogP contribution in [-0.2, 0) is 0 Å². The van der Waals surface area contributed by atoms with Gasteiger partial charge in [0.1, 0.15) is 11.6 Å². The molecule has 98 valence electrons. The quantitative estimate of drug-likeness (QED) is 0.931. The van der Waals surface area contributed by atoms with Crippen molar-refractivity contribution in [3.8, 4) is 5.75 Å². The predicted octanol–water partition coefficient (Wildman–Crippen LogP) is 3.85. The number of hydrogen-bond donors (Lipinski definition) is 1. The van der Waals surface area contributed by atoms with E-state index in [0.29, 0.717) is 17.0 Å². The molecule has 0 unspecified atom stereocenters. The predicted molar refractivity (Wildman–Crippen MR) is 75.0 cm³/mol. The monoisotopic (exact) mass is 323 g/mol. The molecule has 0 bridgehead atoms. The molecule has 0 spiro atoms. The molecular formula is C14H11BrFNO2. The number of benzene rings is 2. The number of rotatable bonds is 3. The van der Waals surface area contributed by atoms with E-state index >= 15 is 0 Å². The number of nitrogens with one attached hydrogen (secondary N) is 1. The first-order valence-electron chi connectivity index (χ1n) is 5.51. The van der Waals surface area contributed by atoms with Crippen molar-refractivity contribution >= 4 is 27.5 Å². The minimum Gasteiger partial charge on any atom is -0.495 e. The maximum absolute atomic E-state index is 13.1. The number of carbonyl (C=O) groups excluding carboxylic acids is 1. The largest absolute Gasteiger partial charge is 0.495 e. The number of halogens is 2. The number of ether oxygens (including phenoxy) is 1. The molecule has 0 heterocycles. The van der Waals surface area contributed by atoms with Gasteiger partial charge in [0.15, 0.2) is 0 Å². The Kier molecular flexibility index (Phi) is 4.16. The van der Waals surface area contributed by atoms with Gasteiger partial charge in [-0.1, -0.05) is 12.1 Å². The maximum Gasteiger partial charge on any atom is 0.255 e. The molecule has 1 N–H and O–H groups in total. The summed E-state index contributed by atoms with van der Waals surface area (Å²) in [5.74, 6) is -0.170. The average molecular weight is 324 g/mol. The summed E-state index contributed by atoms with van der Waals surface area (Å²) in [7, 11) is 1.53. The number of hydrogen-bond acceptors (Lipinski definition) is 2. The number of amides is 1. The minimum absolute atomic E-state index is 0.250. The van der Waals surface area contributed by atoms with Crippen LogP contribution in [0.2, 0.25) is 0 Å². The molecule has 0 aliphatic rings. The Balaban J connectivity index is 2.23. The Bertz CT molecular complexity index is 616. The van der Waals surface area contributed by atoms with Gasteiger partial charge in [-0.15, -0.1) is 0 Å². The van der Waals surface area contributed by atoms with Crippen molar-refractivity contribution in [3.05, 3.63) is 58.3 Å². The molecule has 2 aromatic rings. The molecule has 0 saturated heterocycles. The molecule has 5 heteroatoms. The first-order chi connectivity index (χ1) is 9.11. The Hall–Kier alpha value is -1.88. The lowest BCUT2D eigenvalue weighted by Crippen LogP contribution is -2.12. The van der Waals surface area contributed by atoms with Crippen LogP contribution in [0.1, 0.15) is 10.4 Å². The highest BCUT2D eigenvalue weighted by Crippen LogP contribution is 2.24. The molecule has 0 radical (unpaired) electrons. The summed E-state index contributed by atoms with van der Waals surface area (Å²) < 4.78 is 18.5. The fourth-order valence-corrected chi connectivity index (χ4v) is 1.96. The number of carbonyl (C=O) groups is 1. The average Bonchev–Trinajstić information content (AvgIpc) is 2.42. The van der Waals surface area contributed by atoms with Crippen LogP contribution >= 0.6 is 15.9 Å². The minimum atomic E-state index is -0.408. The van der Waals surface area contributed by atoms with Gasteiger partial charge in [-0.2, -0.15) is 0 Å². The molecule has 0 saturated carbocycles. The van der Waals surface area contributed by atoms with Crippen LogP contribution in [-0.4, -0.2) is 13.0 Å². The maximum atomic E-state index is 13.1. The van der Waals surface area contributed by atoms with E-state index in [9.17, 15) is 9.18 Å². The summed E-state index contributed by atoms with van der Waals surface area (Å²) in [6.07, 6.45) is 0. The number of para-hydroxylation sites is 2.